The standard InChI is InChI=1S/C22H24F6O/c23-21(24,25)19-11-5-9-17(15-19)7-1-3-13-29-14-4-2-8-18-10-6-12-20(16-18)22(26,27)28/h5-6,9-12,15-16H,1-4,7-8,13-14H2. The molecule has 1 nitrogen and oxygen atoms in total. The van der Waals surface area contributed by atoms with Gasteiger partial charge < -0.3 is 4.74 Å². The normalized spacial score (nSPS) is 12.3. The van der Waals surface area contributed by atoms with Gasteiger partial charge >= 0.3 is 12.4 Å². The fraction of sp³-hybridized carbons (Fsp3) is 0.455. The molecule has 0 spiro atoms. The molecule has 0 saturated carbocycles. The van der Waals surface area contributed by atoms with E-state index in [1.54, 1.807) is 12.1 Å². The highest BCUT2D eigenvalue weighted by Gasteiger charge is 2.30. The summed E-state index contributed by atoms with van der Waals surface area (Å²) in [5.41, 5.74) is 0.0425. The van der Waals surface area contributed by atoms with Gasteiger partial charge in [-0.2, -0.15) is 26.3 Å². The molecule has 29 heavy (non-hydrogen) atoms. The summed E-state index contributed by atoms with van der Waals surface area (Å²) in [6, 6.07) is 10.7. The van der Waals surface area contributed by atoms with E-state index in [1.165, 1.54) is 24.3 Å². The van der Waals surface area contributed by atoms with E-state index in [0.29, 0.717) is 37.2 Å². The minimum Gasteiger partial charge on any atom is -0.381 e. The van der Waals surface area contributed by atoms with E-state index in [-0.39, 0.29) is 0 Å². The van der Waals surface area contributed by atoms with Crippen molar-refractivity contribution >= 4 is 0 Å². The van der Waals surface area contributed by atoms with Gasteiger partial charge in [-0.3, -0.25) is 0 Å². The topological polar surface area (TPSA) is 9.23 Å². The summed E-state index contributed by atoms with van der Waals surface area (Å²) in [6.07, 6.45) is -4.60. The van der Waals surface area contributed by atoms with Crippen LogP contribution >= 0.6 is 0 Å². The Morgan fingerprint density at radius 2 is 1.00 bits per heavy atom. The molecule has 0 aliphatic rings. The molecule has 0 aromatic heterocycles. The number of hydrogen-bond acceptors (Lipinski definition) is 1. The number of hydrogen-bond donors (Lipinski definition) is 0. The van der Waals surface area contributed by atoms with Crippen LogP contribution in [0.4, 0.5) is 26.3 Å². The molecular weight excluding hydrogens is 394 g/mol. The predicted octanol–water partition coefficient (Wildman–Crippen LogP) is 7.09. The van der Waals surface area contributed by atoms with Crippen LogP contribution in [0.1, 0.15) is 47.9 Å². The molecule has 0 unspecified atom stereocenters. The maximum atomic E-state index is 12.7. The molecule has 0 aliphatic carbocycles. The number of rotatable bonds is 10. The second-order valence-corrected chi connectivity index (χ2v) is 6.92. The van der Waals surface area contributed by atoms with Crippen molar-refractivity contribution in [3.63, 3.8) is 0 Å². The Morgan fingerprint density at radius 1 is 0.586 bits per heavy atom. The molecule has 7 heteroatoms. The number of halogens is 6. The lowest BCUT2D eigenvalue weighted by atomic mass is 10.0. The van der Waals surface area contributed by atoms with Gasteiger partial charge in [-0.15, -0.1) is 0 Å². The molecule has 0 aliphatic heterocycles. The first-order chi connectivity index (χ1) is 13.7. The lowest BCUT2D eigenvalue weighted by Gasteiger charge is -2.09. The van der Waals surface area contributed by atoms with Crippen LogP contribution in [0.2, 0.25) is 0 Å². The molecule has 0 heterocycles. The van der Waals surface area contributed by atoms with Crippen molar-refractivity contribution in [2.24, 2.45) is 0 Å². The highest BCUT2D eigenvalue weighted by molar-refractivity contribution is 5.26. The Hall–Kier alpha value is -2.02. The van der Waals surface area contributed by atoms with Crippen LogP contribution in [0.3, 0.4) is 0 Å². The molecular formula is C22H24F6O. The van der Waals surface area contributed by atoms with E-state index >= 15 is 0 Å². The fourth-order valence-corrected chi connectivity index (χ4v) is 2.97. The van der Waals surface area contributed by atoms with Gasteiger partial charge in [0.15, 0.2) is 0 Å². The van der Waals surface area contributed by atoms with Crippen molar-refractivity contribution in [3.8, 4) is 0 Å². The van der Waals surface area contributed by atoms with Gasteiger partial charge in [-0.1, -0.05) is 36.4 Å². The zero-order valence-corrected chi connectivity index (χ0v) is 16.0. The van der Waals surface area contributed by atoms with E-state index in [9.17, 15) is 26.3 Å². The first kappa shape index (κ1) is 23.3. The molecule has 0 bridgehead atoms. The molecule has 160 valence electrons. The van der Waals surface area contributed by atoms with Crippen LogP contribution < -0.4 is 0 Å². The van der Waals surface area contributed by atoms with Crippen LogP contribution in [-0.2, 0) is 29.9 Å². The number of unbranched alkanes of at least 4 members (excludes halogenated alkanes) is 2. The Labute approximate surface area is 166 Å². The average molecular weight is 418 g/mol. The third-order valence-electron chi connectivity index (χ3n) is 4.52. The van der Waals surface area contributed by atoms with Gasteiger partial charge in [-0.25, -0.2) is 0 Å². The quantitative estimate of drug-likeness (QED) is 0.296. The monoisotopic (exact) mass is 418 g/mol. The molecule has 0 saturated heterocycles. The van der Waals surface area contributed by atoms with Crippen LogP contribution in [-0.4, -0.2) is 13.2 Å². The summed E-state index contributed by atoms with van der Waals surface area (Å²) < 4.78 is 81.5. The van der Waals surface area contributed by atoms with E-state index in [2.05, 4.69) is 0 Å². The van der Waals surface area contributed by atoms with Crippen molar-refractivity contribution in [2.45, 2.75) is 50.9 Å². The van der Waals surface area contributed by atoms with Gasteiger partial charge in [0.05, 0.1) is 11.1 Å². The third kappa shape index (κ3) is 8.48. The average Bonchev–Trinajstić information content (AvgIpc) is 2.66. The lowest BCUT2D eigenvalue weighted by molar-refractivity contribution is -0.138. The summed E-state index contributed by atoms with van der Waals surface area (Å²) in [4.78, 5) is 0. The summed E-state index contributed by atoms with van der Waals surface area (Å²) in [5.74, 6) is 0. The Morgan fingerprint density at radius 3 is 1.38 bits per heavy atom. The van der Waals surface area contributed by atoms with E-state index in [1.807, 2.05) is 0 Å². The van der Waals surface area contributed by atoms with Crippen molar-refractivity contribution in [3.05, 3.63) is 70.8 Å². The molecule has 2 aromatic rings. The smallest absolute Gasteiger partial charge is 0.381 e. The first-order valence-electron chi connectivity index (χ1n) is 9.56. The number of aryl methyl sites for hydroxylation is 2. The molecule has 0 fully saturated rings. The SMILES string of the molecule is FC(F)(F)c1cccc(CCCCOCCCCc2cccc(C(F)(F)F)c2)c1. The number of benzene rings is 2. The molecule has 2 rings (SSSR count). The zero-order valence-electron chi connectivity index (χ0n) is 16.0. The number of ether oxygens (including phenoxy) is 1. The highest BCUT2D eigenvalue weighted by Crippen LogP contribution is 2.30. The summed E-state index contributed by atoms with van der Waals surface area (Å²) in [6.45, 7) is 1.03. The van der Waals surface area contributed by atoms with Crippen molar-refractivity contribution < 1.29 is 31.1 Å². The molecule has 0 N–H and O–H groups in total. The second kappa shape index (κ2) is 10.7. The fourth-order valence-electron chi connectivity index (χ4n) is 2.97. The highest BCUT2D eigenvalue weighted by atomic mass is 19.4. The Bertz CT molecular complexity index is 688. The molecule has 0 atom stereocenters. The summed E-state index contributed by atoms with van der Waals surface area (Å²) >= 11 is 0. The maximum Gasteiger partial charge on any atom is 0.416 e. The van der Waals surface area contributed by atoms with Gasteiger partial charge in [0.25, 0.3) is 0 Å². The molecule has 2 aromatic carbocycles. The summed E-state index contributed by atoms with van der Waals surface area (Å²) in [5, 5.41) is 0. The van der Waals surface area contributed by atoms with Crippen LogP contribution in [0.15, 0.2) is 48.5 Å². The van der Waals surface area contributed by atoms with Crippen LogP contribution in [0, 0.1) is 0 Å². The lowest BCUT2D eigenvalue weighted by Crippen LogP contribution is -2.05. The van der Waals surface area contributed by atoms with Crippen molar-refractivity contribution in [1.29, 1.82) is 0 Å². The maximum absolute atomic E-state index is 12.7. The Balaban J connectivity index is 1.56. The second-order valence-electron chi connectivity index (χ2n) is 6.92. The summed E-state index contributed by atoms with van der Waals surface area (Å²) in [7, 11) is 0. The first-order valence-corrected chi connectivity index (χ1v) is 9.56. The van der Waals surface area contributed by atoms with Crippen LogP contribution in [0.25, 0.3) is 0 Å². The predicted molar refractivity (Wildman–Crippen MR) is 99.6 cm³/mol. The van der Waals surface area contributed by atoms with Gasteiger partial charge in [0.2, 0.25) is 0 Å². The number of alkyl halides is 6. The minimum atomic E-state index is -4.33. The van der Waals surface area contributed by atoms with Crippen molar-refractivity contribution in [2.75, 3.05) is 13.2 Å². The molecule has 0 amide bonds. The van der Waals surface area contributed by atoms with E-state index in [0.717, 1.165) is 37.8 Å². The van der Waals surface area contributed by atoms with Crippen molar-refractivity contribution in [1.82, 2.24) is 0 Å². The van der Waals surface area contributed by atoms with E-state index < -0.39 is 23.5 Å². The zero-order chi connectivity index (χ0) is 21.3. The van der Waals surface area contributed by atoms with Gasteiger partial charge in [0.1, 0.15) is 0 Å². The minimum absolute atomic E-state index is 0.516. The van der Waals surface area contributed by atoms with E-state index in [4.69, 9.17) is 4.74 Å². The van der Waals surface area contributed by atoms with Gasteiger partial charge in [-0.05, 0) is 61.8 Å². The van der Waals surface area contributed by atoms with Crippen LogP contribution in [0.5, 0.6) is 0 Å². The Kier molecular flexibility index (Phi) is 8.56. The third-order valence-corrected chi connectivity index (χ3v) is 4.52. The largest absolute Gasteiger partial charge is 0.416 e. The molecule has 0 radical (unpaired) electrons. The van der Waals surface area contributed by atoms with Gasteiger partial charge in [0, 0.05) is 13.2 Å².